The van der Waals surface area contributed by atoms with E-state index in [9.17, 15) is 9.59 Å². The lowest BCUT2D eigenvalue weighted by molar-refractivity contribution is -0.128. The Morgan fingerprint density at radius 2 is 1.48 bits per heavy atom. The van der Waals surface area contributed by atoms with Gasteiger partial charge < -0.3 is 20.4 Å². The van der Waals surface area contributed by atoms with Crippen LogP contribution in [0, 0.1) is 0 Å². The molecule has 2 aromatic rings. The molecule has 0 saturated carbocycles. The maximum absolute atomic E-state index is 13.0. The van der Waals surface area contributed by atoms with E-state index in [1.807, 2.05) is 24.3 Å². The van der Waals surface area contributed by atoms with Gasteiger partial charge in [0.1, 0.15) is 6.04 Å². The van der Waals surface area contributed by atoms with E-state index in [1.54, 1.807) is 24.3 Å². The number of amides is 2. The van der Waals surface area contributed by atoms with Crippen molar-refractivity contribution < 1.29 is 9.59 Å². The Bertz CT molecular complexity index is 898. The van der Waals surface area contributed by atoms with Crippen LogP contribution in [0.3, 0.4) is 0 Å². The number of nitrogens with zero attached hydrogens (tertiary/aromatic N) is 2. The molecule has 6 nitrogen and oxygen atoms in total. The minimum absolute atomic E-state index is 0.173. The van der Waals surface area contributed by atoms with Gasteiger partial charge in [-0.25, -0.2) is 0 Å². The Morgan fingerprint density at radius 1 is 0.909 bits per heavy atom. The second kappa shape index (κ2) is 12.9. The zero-order valence-electron chi connectivity index (χ0n) is 19.0. The average molecular weight is 491 g/mol. The maximum Gasteiger partial charge on any atom is 0.242 e. The highest BCUT2D eigenvalue weighted by atomic mass is 35.5. The summed E-state index contributed by atoms with van der Waals surface area (Å²) in [5.41, 5.74) is 1.78. The van der Waals surface area contributed by atoms with Crippen LogP contribution in [0.4, 0.5) is 0 Å². The lowest BCUT2D eigenvalue weighted by atomic mass is 10.0. The van der Waals surface area contributed by atoms with Gasteiger partial charge in [0, 0.05) is 49.2 Å². The monoisotopic (exact) mass is 490 g/mol. The number of rotatable bonds is 10. The number of carbonyl (C=O) groups is 2. The van der Waals surface area contributed by atoms with Crippen LogP contribution in [-0.4, -0.2) is 74.0 Å². The predicted molar refractivity (Wildman–Crippen MR) is 134 cm³/mol. The molecule has 1 aliphatic rings. The molecule has 2 N–H and O–H groups in total. The molecule has 0 unspecified atom stereocenters. The fraction of sp³-hybridized carbons (Fsp3) is 0.440. The minimum atomic E-state index is -0.658. The molecule has 3 rings (SSSR count). The van der Waals surface area contributed by atoms with E-state index in [0.717, 1.165) is 50.3 Å². The third kappa shape index (κ3) is 8.97. The summed E-state index contributed by atoms with van der Waals surface area (Å²) < 4.78 is 0. The zero-order valence-corrected chi connectivity index (χ0v) is 20.5. The highest BCUT2D eigenvalue weighted by Crippen LogP contribution is 2.13. The van der Waals surface area contributed by atoms with E-state index < -0.39 is 6.04 Å². The molecule has 0 aromatic heterocycles. The molecule has 1 saturated heterocycles. The second-order valence-electron chi connectivity index (χ2n) is 8.54. The first kappa shape index (κ1) is 25.5. The maximum atomic E-state index is 13.0. The zero-order chi connectivity index (χ0) is 23.6. The molecule has 2 aromatic carbocycles. The quantitative estimate of drug-likeness (QED) is 0.502. The van der Waals surface area contributed by atoms with Crippen LogP contribution in [0.1, 0.15) is 17.5 Å². The van der Waals surface area contributed by atoms with Gasteiger partial charge in [0.2, 0.25) is 11.8 Å². The molecular weight excluding hydrogens is 459 g/mol. The van der Waals surface area contributed by atoms with E-state index in [2.05, 4.69) is 27.5 Å². The topological polar surface area (TPSA) is 64.7 Å². The Labute approximate surface area is 206 Å². The minimum Gasteiger partial charge on any atom is -0.354 e. The van der Waals surface area contributed by atoms with Crippen LogP contribution in [0.25, 0.3) is 0 Å². The molecule has 0 bridgehead atoms. The Morgan fingerprint density at radius 3 is 2.09 bits per heavy atom. The summed E-state index contributed by atoms with van der Waals surface area (Å²) >= 11 is 11.9. The van der Waals surface area contributed by atoms with Crippen molar-refractivity contribution in [1.29, 1.82) is 0 Å². The second-order valence-corrected chi connectivity index (χ2v) is 9.42. The lowest BCUT2D eigenvalue weighted by Crippen LogP contribution is -2.49. The van der Waals surface area contributed by atoms with Gasteiger partial charge in [0.15, 0.2) is 0 Å². The van der Waals surface area contributed by atoms with Crippen LogP contribution >= 0.6 is 23.2 Å². The summed E-state index contributed by atoms with van der Waals surface area (Å²) in [7, 11) is 2.14. The van der Waals surface area contributed by atoms with Crippen molar-refractivity contribution >= 4 is 35.0 Å². The molecule has 33 heavy (non-hydrogen) atoms. The van der Waals surface area contributed by atoms with Gasteiger partial charge in [0.05, 0.1) is 6.42 Å². The van der Waals surface area contributed by atoms with E-state index in [1.165, 1.54) is 0 Å². The number of nitrogens with one attached hydrogen (secondary N) is 2. The summed E-state index contributed by atoms with van der Waals surface area (Å²) in [4.78, 5) is 30.4. The highest BCUT2D eigenvalue weighted by Gasteiger charge is 2.21. The SMILES string of the molecule is CN1CCN(CCCNC(=O)[C@@H](Cc2ccc(Cl)cc2)NC(=O)Cc2ccc(Cl)cc2)CC1. The smallest absolute Gasteiger partial charge is 0.242 e. The first-order valence-corrected chi connectivity index (χ1v) is 12.1. The number of piperazine rings is 1. The number of halogens is 2. The Balaban J connectivity index is 1.53. The van der Waals surface area contributed by atoms with Crippen molar-refractivity contribution in [2.24, 2.45) is 0 Å². The van der Waals surface area contributed by atoms with Crippen LogP contribution in [0.5, 0.6) is 0 Å². The van der Waals surface area contributed by atoms with E-state index in [0.29, 0.717) is 23.0 Å². The molecule has 0 aliphatic carbocycles. The van der Waals surface area contributed by atoms with Gasteiger partial charge in [-0.15, -0.1) is 0 Å². The largest absolute Gasteiger partial charge is 0.354 e. The lowest BCUT2D eigenvalue weighted by Gasteiger charge is -2.32. The molecule has 178 valence electrons. The van der Waals surface area contributed by atoms with Gasteiger partial charge in [-0.2, -0.15) is 0 Å². The van der Waals surface area contributed by atoms with E-state index in [-0.39, 0.29) is 18.2 Å². The summed E-state index contributed by atoms with van der Waals surface area (Å²) in [6, 6.07) is 13.8. The van der Waals surface area contributed by atoms with Crippen LogP contribution in [0.2, 0.25) is 10.0 Å². The third-order valence-electron chi connectivity index (χ3n) is 5.83. The van der Waals surface area contributed by atoms with Crippen LogP contribution < -0.4 is 10.6 Å². The molecule has 1 fully saturated rings. The number of hydrogen-bond acceptors (Lipinski definition) is 4. The fourth-order valence-electron chi connectivity index (χ4n) is 3.81. The summed E-state index contributed by atoms with van der Waals surface area (Å²) in [6.07, 6.45) is 1.46. The average Bonchev–Trinajstić information content (AvgIpc) is 2.80. The van der Waals surface area contributed by atoms with Crippen molar-refractivity contribution in [3.63, 3.8) is 0 Å². The molecular formula is C25H32Cl2N4O2. The molecule has 0 radical (unpaired) electrons. The van der Waals surface area contributed by atoms with E-state index >= 15 is 0 Å². The number of likely N-dealkylation sites (N-methyl/N-ethyl adjacent to an activating group) is 1. The summed E-state index contributed by atoms with van der Waals surface area (Å²) in [5, 5.41) is 7.17. The van der Waals surface area contributed by atoms with Gasteiger partial charge in [-0.1, -0.05) is 47.5 Å². The molecule has 1 aliphatic heterocycles. The molecule has 1 heterocycles. The van der Waals surface area contributed by atoms with Crippen molar-refractivity contribution in [1.82, 2.24) is 20.4 Å². The van der Waals surface area contributed by atoms with Gasteiger partial charge in [-0.3, -0.25) is 9.59 Å². The van der Waals surface area contributed by atoms with Crippen molar-refractivity contribution in [2.75, 3.05) is 46.3 Å². The molecule has 8 heteroatoms. The van der Waals surface area contributed by atoms with Crippen molar-refractivity contribution in [3.05, 3.63) is 69.7 Å². The standard InChI is InChI=1S/C25H32Cl2N4O2/c1-30-13-15-31(16-14-30)12-2-11-28-25(33)23(17-19-3-7-21(26)8-4-19)29-24(32)18-20-5-9-22(27)10-6-20/h3-10,23H,2,11-18H2,1H3,(H,28,33)(H,29,32)/t23-/m1/s1. The third-order valence-corrected chi connectivity index (χ3v) is 6.33. The highest BCUT2D eigenvalue weighted by molar-refractivity contribution is 6.30. The molecule has 0 spiro atoms. The molecule has 2 amide bonds. The summed E-state index contributed by atoms with van der Waals surface area (Å²) in [5.74, 6) is -0.378. The number of carbonyl (C=O) groups excluding carboxylic acids is 2. The fourth-order valence-corrected chi connectivity index (χ4v) is 4.06. The van der Waals surface area contributed by atoms with Crippen molar-refractivity contribution in [3.8, 4) is 0 Å². The van der Waals surface area contributed by atoms with Gasteiger partial charge in [-0.05, 0) is 55.4 Å². The number of benzene rings is 2. The van der Waals surface area contributed by atoms with Crippen LogP contribution in [-0.2, 0) is 22.4 Å². The first-order chi connectivity index (χ1) is 15.9. The van der Waals surface area contributed by atoms with E-state index in [4.69, 9.17) is 23.2 Å². The van der Waals surface area contributed by atoms with Gasteiger partial charge in [0.25, 0.3) is 0 Å². The summed E-state index contributed by atoms with van der Waals surface area (Å²) in [6.45, 7) is 5.81. The van der Waals surface area contributed by atoms with Crippen molar-refractivity contribution in [2.45, 2.75) is 25.3 Å². The predicted octanol–water partition coefficient (Wildman–Crippen LogP) is 3.02. The molecule has 1 atom stereocenters. The van der Waals surface area contributed by atoms with Crippen LogP contribution in [0.15, 0.2) is 48.5 Å². The van der Waals surface area contributed by atoms with Gasteiger partial charge >= 0.3 is 0 Å². The first-order valence-electron chi connectivity index (χ1n) is 11.4. The normalized spacial score (nSPS) is 15.7. The Kier molecular flexibility index (Phi) is 10.0. The Hall–Kier alpha value is -2.12. The number of hydrogen-bond donors (Lipinski definition) is 2.